The molecule has 3 rings (SSSR count). The lowest BCUT2D eigenvalue weighted by molar-refractivity contribution is -0.145. The fourth-order valence-electron chi connectivity index (χ4n) is 3.77. The Morgan fingerprint density at radius 1 is 1.07 bits per heavy atom. The lowest BCUT2D eigenvalue weighted by atomic mass is 9.95. The number of halogens is 2. The zero-order chi connectivity index (χ0) is 29.9. The number of para-hydroxylation sites is 1. The Morgan fingerprint density at radius 2 is 1.80 bits per heavy atom. The Kier molecular flexibility index (Phi) is 11.7. The molecule has 218 valence electrons. The average Bonchev–Trinajstić information content (AvgIpc) is 2.91. The summed E-state index contributed by atoms with van der Waals surface area (Å²) in [6, 6.07) is 9.20. The summed E-state index contributed by atoms with van der Waals surface area (Å²) >= 11 is 17.6. The Balaban J connectivity index is 1.70. The van der Waals surface area contributed by atoms with Crippen molar-refractivity contribution in [1.82, 2.24) is 16.1 Å². The molecule has 0 spiro atoms. The number of ether oxygens (including phenoxy) is 4. The van der Waals surface area contributed by atoms with Gasteiger partial charge in [-0.25, -0.2) is 15.0 Å². The van der Waals surface area contributed by atoms with Crippen LogP contribution in [0.1, 0.15) is 37.9 Å². The van der Waals surface area contributed by atoms with Crippen LogP contribution in [0.5, 0.6) is 11.5 Å². The van der Waals surface area contributed by atoms with Crippen molar-refractivity contribution >= 4 is 64.6 Å². The van der Waals surface area contributed by atoms with Crippen LogP contribution in [0, 0.1) is 0 Å². The van der Waals surface area contributed by atoms with Crippen LogP contribution < -0.4 is 25.5 Å². The SMILES string of the molecule is CCOC(=O)COc1c(Cl)cc(Cl)cc1C=NNC(=O)COc1ccccc1[C@H]1NC(=S)NC(C)=C1C(=O)OCC. The summed E-state index contributed by atoms with van der Waals surface area (Å²) < 4.78 is 21.3. The van der Waals surface area contributed by atoms with Gasteiger partial charge in [-0.15, -0.1) is 0 Å². The van der Waals surface area contributed by atoms with Gasteiger partial charge in [0.1, 0.15) is 11.5 Å². The number of rotatable bonds is 12. The predicted octanol–water partition coefficient (Wildman–Crippen LogP) is 3.82. The molecule has 0 fully saturated rings. The van der Waals surface area contributed by atoms with E-state index in [2.05, 4.69) is 21.2 Å². The van der Waals surface area contributed by atoms with Gasteiger partial charge in [-0.3, -0.25) is 4.79 Å². The Hall–Kier alpha value is -3.87. The van der Waals surface area contributed by atoms with E-state index >= 15 is 0 Å². The van der Waals surface area contributed by atoms with Crippen molar-refractivity contribution in [2.45, 2.75) is 26.8 Å². The molecule has 1 amide bonds. The summed E-state index contributed by atoms with van der Waals surface area (Å²) in [6.45, 7) is 4.74. The Morgan fingerprint density at radius 3 is 2.54 bits per heavy atom. The molecule has 1 aliphatic heterocycles. The molecule has 0 saturated heterocycles. The third kappa shape index (κ3) is 8.81. The standard InChI is InChI=1S/C27H28Cl2N4O7S/c1-4-37-22(35)14-40-25-16(10-17(28)11-19(25)29)12-30-33-21(34)13-39-20-9-7-6-8-18(20)24-23(26(36)38-5-2)15(3)31-27(41)32-24/h6-12,24H,4-5,13-14H2,1-3H3,(H,33,34)(H2,31,32,41)/t24-/m1/s1. The number of nitrogens with zero attached hydrogens (tertiary/aromatic N) is 1. The number of carbonyl (C=O) groups excluding carboxylic acids is 3. The van der Waals surface area contributed by atoms with Crippen LogP contribution in [0.2, 0.25) is 10.0 Å². The van der Waals surface area contributed by atoms with Crippen molar-refractivity contribution in [2.24, 2.45) is 5.10 Å². The lowest BCUT2D eigenvalue weighted by Gasteiger charge is -2.30. The van der Waals surface area contributed by atoms with Gasteiger partial charge in [0, 0.05) is 21.8 Å². The molecule has 3 N–H and O–H groups in total. The summed E-state index contributed by atoms with van der Waals surface area (Å²) in [4.78, 5) is 36.9. The van der Waals surface area contributed by atoms with E-state index in [0.29, 0.717) is 38.3 Å². The second-order valence-electron chi connectivity index (χ2n) is 8.31. The first-order chi connectivity index (χ1) is 19.6. The smallest absolute Gasteiger partial charge is 0.344 e. The Bertz CT molecular complexity index is 1380. The molecule has 11 nitrogen and oxygen atoms in total. The minimum atomic E-state index is -0.666. The molecule has 0 radical (unpaired) electrons. The molecule has 41 heavy (non-hydrogen) atoms. The van der Waals surface area contributed by atoms with Gasteiger partial charge >= 0.3 is 11.9 Å². The fourth-order valence-corrected chi connectivity index (χ4v) is 4.60. The number of nitrogens with one attached hydrogen (secondary N) is 3. The van der Waals surface area contributed by atoms with E-state index in [9.17, 15) is 14.4 Å². The van der Waals surface area contributed by atoms with Gasteiger partial charge in [-0.1, -0.05) is 41.4 Å². The van der Waals surface area contributed by atoms with Gasteiger partial charge < -0.3 is 29.6 Å². The van der Waals surface area contributed by atoms with Gasteiger partial charge in [0.2, 0.25) is 0 Å². The van der Waals surface area contributed by atoms with Crippen LogP contribution in [0.25, 0.3) is 0 Å². The maximum atomic E-state index is 12.7. The van der Waals surface area contributed by atoms with Crippen molar-refractivity contribution in [2.75, 3.05) is 26.4 Å². The molecule has 2 aromatic rings. The van der Waals surface area contributed by atoms with Crippen LogP contribution in [-0.4, -0.2) is 55.6 Å². The number of hydrogen-bond acceptors (Lipinski definition) is 9. The number of allylic oxidation sites excluding steroid dienone is 1. The highest BCUT2D eigenvalue weighted by Crippen LogP contribution is 2.34. The van der Waals surface area contributed by atoms with E-state index in [1.807, 2.05) is 0 Å². The molecule has 0 unspecified atom stereocenters. The first kappa shape index (κ1) is 31.7. The molecule has 0 aliphatic carbocycles. The van der Waals surface area contributed by atoms with Crippen molar-refractivity contribution in [1.29, 1.82) is 0 Å². The highest BCUT2D eigenvalue weighted by atomic mass is 35.5. The average molecular weight is 624 g/mol. The van der Waals surface area contributed by atoms with Crippen LogP contribution in [-0.2, 0) is 23.9 Å². The maximum Gasteiger partial charge on any atom is 0.344 e. The third-order valence-electron chi connectivity index (χ3n) is 5.42. The van der Waals surface area contributed by atoms with Crippen LogP contribution >= 0.6 is 35.4 Å². The number of carbonyl (C=O) groups is 3. The summed E-state index contributed by atoms with van der Waals surface area (Å²) in [6.07, 6.45) is 1.27. The number of esters is 2. The summed E-state index contributed by atoms with van der Waals surface area (Å²) in [5, 5.41) is 10.7. The number of hydrogen-bond donors (Lipinski definition) is 3. The van der Waals surface area contributed by atoms with Crippen molar-refractivity contribution in [3.63, 3.8) is 0 Å². The minimum Gasteiger partial charge on any atom is -0.483 e. The molecular formula is C27H28Cl2N4O7S. The van der Waals surface area contributed by atoms with E-state index < -0.39 is 30.5 Å². The van der Waals surface area contributed by atoms with Crippen LogP contribution in [0.3, 0.4) is 0 Å². The van der Waals surface area contributed by atoms with E-state index in [1.54, 1.807) is 45.0 Å². The lowest BCUT2D eigenvalue weighted by Crippen LogP contribution is -2.45. The minimum absolute atomic E-state index is 0.139. The molecule has 1 heterocycles. The highest BCUT2D eigenvalue weighted by Gasteiger charge is 2.32. The number of thiocarbonyl (C=S) groups is 1. The largest absolute Gasteiger partial charge is 0.483 e. The molecule has 14 heteroatoms. The van der Waals surface area contributed by atoms with Gasteiger partial charge in [-0.2, -0.15) is 5.10 Å². The summed E-state index contributed by atoms with van der Waals surface area (Å²) in [7, 11) is 0. The molecule has 0 saturated carbocycles. The number of amides is 1. The first-order valence-electron chi connectivity index (χ1n) is 12.4. The summed E-state index contributed by atoms with van der Waals surface area (Å²) in [5.41, 5.74) is 4.13. The van der Waals surface area contributed by atoms with Crippen molar-refractivity contribution < 1.29 is 33.3 Å². The van der Waals surface area contributed by atoms with E-state index in [-0.39, 0.29) is 30.6 Å². The summed E-state index contributed by atoms with van der Waals surface area (Å²) in [5.74, 6) is -1.18. The first-order valence-corrected chi connectivity index (χ1v) is 13.6. The van der Waals surface area contributed by atoms with E-state index in [1.165, 1.54) is 18.3 Å². The normalized spacial score (nSPS) is 14.7. The fraction of sp³-hybridized carbons (Fsp3) is 0.296. The van der Waals surface area contributed by atoms with Gasteiger partial charge in [-0.05, 0) is 51.2 Å². The molecule has 1 aliphatic rings. The monoisotopic (exact) mass is 622 g/mol. The number of benzene rings is 2. The van der Waals surface area contributed by atoms with Crippen LogP contribution in [0.15, 0.2) is 52.8 Å². The van der Waals surface area contributed by atoms with Gasteiger partial charge in [0.05, 0.1) is 36.1 Å². The second kappa shape index (κ2) is 15.2. The molecule has 2 aromatic carbocycles. The molecule has 0 aromatic heterocycles. The molecular weight excluding hydrogens is 595 g/mol. The predicted molar refractivity (Wildman–Crippen MR) is 157 cm³/mol. The topological polar surface area (TPSA) is 137 Å². The Labute approximate surface area is 252 Å². The van der Waals surface area contributed by atoms with Crippen molar-refractivity contribution in [3.05, 3.63) is 68.8 Å². The maximum absolute atomic E-state index is 12.7. The zero-order valence-corrected chi connectivity index (χ0v) is 24.7. The van der Waals surface area contributed by atoms with Gasteiger partial charge in [0.25, 0.3) is 5.91 Å². The second-order valence-corrected chi connectivity index (χ2v) is 9.56. The van der Waals surface area contributed by atoms with E-state index in [4.69, 9.17) is 54.4 Å². The molecule has 1 atom stereocenters. The van der Waals surface area contributed by atoms with Crippen molar-refractivity contribution in [3.8, 4) is 11.5 Å². The quantitative estimate of drug-likeness (QED) is 0.139. The van der Waals surface area contributed by atoms with Gasteiger partial charge in [0.15, 0.2) is 18.3 Å². The van der Waals surface area contributed by atoms with E-state index in [0.717, 1.165) is 0 Å². The highest BCUT2D eigenvalue weighted by molar-refractivity contribution is 7.80. The zero-order valence-electron chi connectivity index (χ0n) is 22.4. The molecule has 0 bridgehead atoms. The van der Waals surface area contributed by atoms with Crippen LogP contribution in [0.4, 0.5) is 0 Å². The number of hydrazone groups is 1. The third-order valence-corrected chi connectivity index (χ3v) is 6.14.